The van der Waals surface area contributed by atoms with Gasteiger partial charge in [-0.2, -0.15) is 0 Å². The predicted molar refractivity (Wildman–Crippen MR) is 56.5 cm³/mol. The first-order valence-electron chi connectivity index (χ1n) is 4.80. The predicted octanol–water partition coefficient (Wildman–Crippen LogP) is 2.43. The number of ether oxygens (including phenoxy) is 1. The number of carbonyl (C=O) groups excluding carboxylic acids is 1. The largest absolute Gasteiger partial charge is 0.465 e. The van der Waals surface area contributed by atoms with Crippen LogP contribution in [0.4, 0.5) is 10.1 Å². The summed E-state index contributed by atoms with van der Waals surface area (Å²) >= 11 is 0. The number of halogens is 1. The molecule has 0 fully saturated rings. The Kier molecular flexibility index (Phi) is 4.09. The summed E-state index contributed by atoms with van der Waals surface area (Å²) in [5.74, 6) is -0.828. The van der Waals surface area contributed by atoms with E-state index in [4.69, 9.17) is 0 Å². The van der Waals surface area contributed by atoms with E-state index in [0.29, 0.717) is 17.8 Å². The molecule has 4 heteroatoms. The molecule has 1 aromatic carbocycles. The molecule has 1 rings (SSSR count). The fraction of sp³-hybridized carbons (Fsp3) is 0.364. The van der Waals surface area contributed by atoms with Gasteiger partial charge < -0.3 is 10.1 Å². The Balaban J connectivity index is 2.89. The van der Waals surface area contributed by atoms with E-state index in [0.717, 1.165) is 6.42 Å². The first kappa shape index (κ1) is 11.5. The number of esters is 1. The summed E-state index contributed by atoms with van der Waals surface area (Å²) in [6.45, 7) is 2.65. The van der Waals surface area contributed by atoms with Gasteiger partial charge >= 0.3 is 5.97 Å². The van der Waals surface area contributed by atoms with Gasteiger partial charge in [-0.1, -0.05) is 6.92 Å². The Morgan fingerprint density at radius 1 is 1.53 bits per heavy atom. The van der Waals surface area contributed by atoms with Crippen molar-refractivity contribution >= 4 is 11.7 Å². The average Bonchev–Trinajstić information content (AvgIpc) is 2.27. The van der Waals surface area contributed by atoms with E-state index < -0.39 is 5.97 Å². The third-order valence-corrected chi connectivity index (χ3v) is 1.95. The second-order valence-corrected chi connectivity index (χ2v) is 3.11. The number of anilines is 1. The van der Waals surface area contributed by atoms with Crippen LogP contribution in [0.15, 0.2) is 18.2 Å². The number of hydrogen-bond donors (Lipinski definition) is 1. The molecule has 1 N–H and O–H groups in total. The van der Waals surface area contributed by atoms with Crippen molar-refractivity contribution in [2.24, 2.45) is 0 Å². The van der Waals surface area contributed by atoms with E-state index in [9.17, 15) is 9.18 Å². The van der Waals surface area contributed by atoms with Crippen molar-refractivity contribution in [1.29, 1.82) is 0 Å². The molecule has 0 aliphatic carbocycles. The molecular formula is C11H14FNO2. The second-order valence-electron chi connectivity index (χ2n) is 3.11. The highest BCUT2D eigenvalue weighted by Crippen LogP contribution is 2.16. The lowest BCUT2D eigenvalue weighted by atomic mass is 10.2. The summed E-state index contributed by atoms with van der Waals surface area (Å²) in [6, 6.07) is 4.11. The first-order valence-corrected chi connectivity index (χ1v) is 4.80. The highest BCUT2D eigenvalue weighted by atomic mass is 19.1. The first-order chi connectivity index (χ1) is 7.19. The van der Waals surface area contributed by atoms with Gasteiger partial charge in [0.05, 0.1) is 18.4 Å². The zero-order valence-corrected chi connectivity index (χ0v) is 8.84. The molecule has 0 atom stereocenters. The highest BCUT2D eigenvalue weighted by molar-refractivity contribution is 5.90. The lowest BCUT2D eigenvalue weighted by Crippen LogP contribution is -2.06. The standard InChI is InChI=1S/C11H14FNO2/c1-3-6-13-10-7-8(11(14)15-2)4-5-9(10)12/h4-5,7,13H,3,6H2,1-2H3. The molecule has 3 nitrogen and oxygen atoms in total. The molecule has 0 unspecified atom stereocenters. The maximum atomic E-state index is 13.2. The molecule has 0 amide bonds. The van der Waals surface area contributed by atoms with Crippen LogP contribution in [0.2, 0.25) is 0 Å². The van der Waals surface area contributed by atoms with Crippen LogP contribution in [0, 0.1) is 5.82 Å². The Bertz CT molecular complexity index is 352. The van der Waals surface area contributed by atoms with Crippen LogP contribution in [0.5, 0.6) is 0 Å². The van der Waals surface area contributed by atoms with Gasteiger partial charge in [-0.3, -0.25) is 0 Å². The van der Waals surface area contributed by atoms with Crippen LogP contribution in [0.25, 0.3) is 0 Å². The number of carbonyl (C=O) groups is 1. The zero-order chi connectivity index (χ0) is 11.3. The van der Waals surface area contributed by atoms with Crippen molar-refractivity contribution in [1.82, 2.24) is 0 Å². The number of rotatable bonds is 4. The Morgan fingerprint density at radius 3 is 2.87 bits per heavy atom. The van der Waals surface area contributed by atoms with Crippen molar-refractivity contribution in [3.05, 3.63) is 29.6 Å². The summed E-state index contributed by atoms with van der Waals surface area (Å²) in [4.78, 5) is 11.2. The average molecular weight is 211 g/mol. The van der Waals surface area contributed by atoms with Gasteiger partial charge in [0.2, 0.25) is 0 Å². The molecule has 0 saturated carbocycles. The lowest BCUT2D eigenvalue weighted by Gasteiger charge is -2.07. The topological polar surface area (TPSA) is 38.3 Å². The van der Waals surface area contributed by atoms with E-state index in [2.05, 4.69) is 10.1 Å². The van der Waals surface area contributed by atoms with Crippen molar-refractivity contribution in [3.63, 3.8) is 0 Å². The molecule has 15 heavy (non-hydrogen) atoms. The van der Waals surface area contributed by atoms with E-state index in [-0.39, 0.29) is 5.82 Å². The number of hydrogen-bond acceptors (Lipinski definition) is 3. The lowest BCUT2D eigenvalue weighted by molar-refractivity contribution is 0.0601. The summed E-state index contributed by atoms with van der Waals surface area (Å²) in [5.41, 5.74) is 0.678. The van der Waals surface area contributed by atoms with Crippen LogP contribution in [-0.4, -0.2) is 19.6 Å². The molecular weight excluding hydrogens is 197 g/mol. The van der Waals surface area contributed by atoms with Gasteiger partial charge in [-0.05, 0) is 24.6 Å². The second kappa shape index (κ2) is 5.34. The third-order valence-electron chi connectivity index (χ3n) is 1.95. The van der Waals surface area contributed by atoms with Crippen LogP contribution in [0.1, 0.15) is 23.7 Å². The number of methoxy groups -OCH3 is 1. The van der Waals surface area contributed by atoms with Crippen molar-refractivity contribution < 1.29 is 13.9 Å². The quantitative estimate of drug-likeness (QED) is 0.777. The minimum Gasteiger partial charge on any atom is -0.465 e. The molecule has 0 aromatic heterocycles. The SMILES string of the molecule is CCCNc1cc(C(=O)OC)ccc1F. The van der Waals surface area contributed by atoms with Crippen molar-refractivity contribution in [2.45, 2.75) is 13.3 Å². The van der Waals surface area contributed by atoms with E-state index in [1.54, 1.807) is 0 Å². The Morgan fingerprint density at radius 2 is 2.27 bits per heavy atom. The minimum atomic E-state index is -0.463. The fourth-order valence-corrected chi connectivity index (χ4v) is 1.17. The minimum absolute atomic E-state index is 0.333. The van der Waals surface area contributed by atoms with E-state index in [1.807, 2.05) is 6.92 Å². The van der Waals surface area contributed by atoms with Gasteiger partial charge in [0.1, 0.15) is 5.82 Å². The van der Waals surface area contributed by atoms with Gasteiger partial charge in [0.25, 0.3) is 0 Å². The molecule has 0 spiro atoms. The molecule has 1 aromatic rings. The molecule has 0 bridgehead atoms. The summed E-state index contributed by atoms with van der Waals surface area (Å²) in [6.07, 6.45) is 0.891. The maximum Gasteiger partial charge on any atom is 0.337 e. The van der Waals surface area contributed by atoms with E-state index in [1.165, 1.54) is 25.3 Å². The van der Waals surface area contributed by atoms with Crippen LogP contribution in [-0.2, 0) is 4.74 Å². The van der Waals surface area contributed by atoms with E-state index >= 15 is 0 Å². The summed E-state index contributed by atoms with van der Waals surface area (Å²) < 4.78 is 17.8. The Hall–Kier alpha value is -1.58. The monoisotopic (exact) mass is 211 g/mol. The van der Waals surface area contributed by atoms with Crippen molar-refractivity contribution in [3.8, 4) is 0 Å². The Labute approximate surface area is 88.2 Å². The summed E-state index contributed by atoms with van der Waals surface area (Å²) in [7, 11) is 1.30. The third kappa shape index (κ3) is 2.94. The zero-order valence-electron chi connectivity index (χ0n) is 8.84. The van der Waals surface area contributed by atoms with Crippen molar-refractivity contribution in [2.75, 3.05) is 19.0 Å². The molecule has 0 heterocycles. The molecule has 0 saturated heterocycles. The van der Waals surface area contributed by atoms with Crippen LogP contribution >= 0.6 is 0 Å². The maximum absolute atomic E-state index is 13.2. The smallest absolute Gasteiger partial charge is 0.337 e. The normalized spacial score (nSPS) is 9.80. The fourth-order valence-electron chi connectivity index (χ4n) is 1.17. The molecule has 0 radical (unpaired) electrons. The molecule has 0 aliphatic rings. The number of nitrogens with one attached hydrogen (secondary N) is 1. The summed E-state index contributed by atoms with van der Waals surface area (Å²) in [5, 5.41) is 2.90. The van der Waals surface area contributed by atoms with Gasteiger partial charge in [0.15, 0.2) is 0 Å². The molecule has 0 aliphatic heterocycles. The van der Waals surface area contributed by atoms with Crippen LogP contribution in [0.3, 0.4) is 0 Å². The van der Waals surface area contributed by atoms with Gasteiger partial charge in [-0.15, -0.1) is 0 Å². The van der Waals surface area contributed by atoms with Gasteiger partial charge in [0, 0.05) is 6.54 Å². The van der Waals surface area contributed by atoms with Gasteiger partial charge in [-0.25, -0.2) is 9.18 Å². The highest BCUT2D eigenvalue weighted by Gasteiger charge is 2.08. The van der Waals surface area contributed by atoms with Crippen LogP contribution < -0.4 is 5.32 Å². The molecule has 82 valence electrons. The number of benzene rings is 1.